The van der Waals surface area contributed by atoms with Crippen LogP contribution in [0.3, 0.4) is 0 Å². The summed E-state index contributed by atoms with van der Waals surface area (Å²) in [6, 6.07) is 14.2. The summed E-state index contributed by atoms with van der Waals surface area (Å²) in [5, 5.41) is 0. The topological polar surface area (TPSA) is 9.23 Å². The molecular formula is C13H11BF3O-. The van der Waals surface area contributed by atoms with Gasteiger partial charge in [0.05, 0.1) is 0 Å². The van der Waals surface area contributed by atoms with Crippen LogP contribution in [0.15, 0.2) is 54.6 Å². The molecule has 0 aliphatic carbocycles. The predicted octanol–water partition coefficient (Wildman–Crippen LogP) is 3.32. The summed E-state index contributed by atoms with van der Waals surface area (Å²) in [4.78, 5) is 0. The van der Waals surface area contributed by atoms with Crippen LogP contribution in [0.2, 0.25) is 0 Å². The average Bonchev–Trinajstić information content (AvgIpc) is 2.37. The van der Waals surface area contributed by atoms with E-state index in [0.717, 1.165) is 12.1 Å². The first-order chi connectivity index (χ1) is 8.55. The van der Waals surface area contributed by atoms with Crippen molar-refractivity contribution < 1.29 is 17.7 Å². The number of halogens is 3. The van der Waals surface area contributed by atoms with E-state index in [2.05, 4.69) is 0 Å². The molecule has 0 radical (unpaired) electrons. The molecular weight excluding hydrogens is 240 g/mol. The zero-order chi connectivity index (χ0) is 13.0. The number of rotatable bonds is 4. The van der Waals surface area contributed by atoms with Crippen LogP contribution in [0.4, 0.5) is 12.9 Å². The molecule has 0 bridgehead atoms. The summed E-state index contributed by atoms with van der Waals surface area (Å²) < 4.78 is 42.6. The van der Waals surface area contributed by atoms with E-state index >= 15 is 0 Å². The van der Waals surface area contributed by atoms with E-state index in [-0.39, 0.29) is 6.61 Å². The molecule has 1 nitrogen and oxygen atoms in total. The first-order valence-corrected chi connectivity index (χ1v) is 5.52. The van der Waals surface area contributed by atoms with E-state index in [1.165, 1.54) is 12.1 Å². The van der Waals surface area contributed by atoms with Gasteiger partial charge in [-0.3, -0.25) is 0 Å². The Labute approximate surface area is 103 Å². The van der Waals surface area contributed by atoms with Gasteiger partial charge >= 0.3 is 6.98 Å². The molecule has 0 fully saturated rings. The van der Waals surface area contributed by atoms with Gasteiger partial charge in [-0.25, -0.2) is 0 Å². The second-order valence-corrected chi connectivity index (χ2v) is 3.92. The number of hydrogen-bond donors (Lipinski definition) is 0. The molecule has 0 spiro atoms. The first-order valence-electron chi connectivity index (χ1n) is 5.52. The molecule has 0 amide bonds. The van der Waals surface area contributed by atoms with Crippen molar-refractivity contribution in [2.45, 2.75) is 6.61 Å². The van der Waals surface area contributed by atoms with Crippen LogP contribution < -0.4 is 10.2 Å². The van der Waals surface area contributed by atoms with Crippen molar-refractivity contribution in [1.82, 2.24) is 0 Å². The maximum atomic E-state index is 12.4. The highest BCUT2D eigenvalue weighted by molar-refractivity contribution is 6.73. The minimum atomic E-state index is -4.92. The molecule has 94 valence electrons. The molecule has 0 atom stereocenters. The second kappa shape index (κ2) is 5.17. The van der Waals surface area contributed by atoms with Gasteiger partial charge in [-0.1, -0.05) is 42.5 Å². The summed E-state index contributed by atoms with van der Waals surface area (Å²) in [7, 11) is 0. The molecule has 0 saturated carbocycles. The van der Waals surface area contributed by atoms with Crippen LogP contribution in [0.1, 0.15) is 5.56 Å². The van der Waals surface area contributed by atoms with Gasteiger partial charge in [0.15, 0.2) is 0 Å². The minimum absolute atomic E-state index is 0.259. The van der Waals surface area contributed by atoms with Crippen molar-refractivity contribution in [3.8, 4) is 5.75 Å². The molecule has 18 heavy (non-hydrogen) atoms. The molecule has 0 unspecified atom stereocenters. The summed E-state index contributed by atoms with van der Waals surface area (Å²) in [6.07, 6.45) is 0. The molecule has 2 aromatic rings. The number of para-hydroxylation sites is 1. The fourth-order valence-electron chi connectivity index (χ4n) is 1.52. The lowest BCUT2D eigenvalue weighted by Crippen LogP contribution is -2.33. The molecule has 0 aliphatic heterocycles. The quantitative estimate of drug-likeness (QED) is 0.757. The third-order valence-corrected chi connectivity index (χ3v) is 2.51. The Morgan fingerprint density at radius 1 is 0.833 bits per heavy atom. The third kappa shape index (κ3) is 3.29. The van der Waals surface area contributed by atoms with E-state index < -0.39 is 12.4 Å². The van der Waals surface area contributed by atoms with Gasteiger partial charge in [0.25, 0.3) is 0 Å². The van der Waals surface area contributed by atoms with Crippen LogP contribution in [-0.2, 0) is 6.61 Å². The number of ether oxygens (including phenoxy) is 1. The summed E-state index contributed by atoms with van der Waals surface area (Å²) >= 11 is 0. The smallest absolute Gasteiger partial charge is 0.489 e. The SMILES string of the molecule is F[B-](F)(F)c1ccc(COc2ccccc2)cc1. The highest BCUT2D eigenvalue weighted by Crippen LogP contribution is 2.13. The van der Waals surface area contributed by atoms with Crippen molar-refractivity contribution in [3.63, 3.8) is 0 Å². The monoisotopic (exact) mass is 251 g/mol. The van der Waals surface area contributed by atoms with Gasteiger partial charge in [0, 0.05) is 0 Å². The highest BCUT2D eigenvalue weighted by atomic mass is 19.4. The Kier molecular flexibility index (Phi) is 3.60. The molecule has 0 saturated heterocycles. The largest absolute Gasteiger partial charge is 0.509 e. The Morgan fingerprint density at radius 3 is 2.00 bits per heavy atom. The summed E-state index contributed by atoms with van der Waals surface area (Å²) in [5.74, 6) is 0.696. The minimum Gasteiger partial charge on any atom is -0.489 e. The van der Waals surface area contributed by atoms with Crippen LogP contribution in [0.25, 0.3) is 0 Å². The average molecular weight is 251 g/mol. The maximum Gasteiger partial charge on any atom is 0.509 e. The van der Waals surface area contributed by atoms with E-state index in [1.54, 1.807) is 12.1 Å². The summed E-state index contributed by atoms with van der Waals surface area (Å²) in [5.41, 5.74) is 0.126. The normalized spacial score (nSPS) is 11.3. The van der Waals surface area contributed by atoms with E-state index in [1.807, 2.05) is 18.2 Å². The number of hydrogen-bond acceptors (Lipinski definition) is 1. The Morgan fingerprint density at radius 2 is 1.44 bits per heavy atom. The first kappa shape index (κ1) is 12.5. The number of benzene rings is 2. The van der Waals surface area contributed by atoms with Crippen molar-refractivity contribution in [2.75, 3.05) is 0 Å². The summed E-state index contributed by atoms with van der Waals surface area (Å²) in [6.45, 7) is -4.66. The van der Waals surface area contributed by atoms with Gasteiger partial charge in [-0.05, 0) is 17.7 Å². The van der Waals surface area contributed by atoms with Gasteiger partial charge in [0.2, 0.25) is 0 Å². The molecule has 0 heterocycles. The van der Waals surface area contributed by atoms with Gasteiger partial charge < -0.3 is 17.7 Å². The van der Waals surface area contributed by atoms with Crippen molar-refractivity contribution in [2.24, 2.45) is 0 Å². The van der Waals surface area contributed by atoms with E-state index in [9.17, 15) is 12.9 Å². The molecule has 5 heteroatoms. The van der Waals surface area contributed by atoms with E-state index in [0.29, 0.717) is 11.3 Å². The molecule has 0 N–H and O–H groups in total. The molecule has 2 rings (SSSR count). The molecule has 0 aliphatic rings. The zero-order valence-corrected chi connectivity index (χ0v) is 9.52. The second-order valence-electron chi connectivity index (χ2n) is 3.92. The maximum absolute atomic E-state index is 12.4. The van der Waals surface area contributed by atoms with Crippen molar-refractivity contribution >= 4 is 12.4 Å². The third-order valence-electron chi connectivity index (χ3n) is 2.51. The van der Waals surface area contributed by atoms with E-state index in [4.69, 9.17) is 4.74 Å². The standard InChI is InChI=1S/C13H11BF3O/c15-14(16,17)12-8-6-11(7-9-12)10-18-13-4-2-1-3-5-13/h1-9H,10H2/q-1. The highest BCUT2D eigenvalue weighted by Gasteiger charge is 2.24. The van der Waals surface area contributed by atoms with Crippen LogP contribution in [-0.4, -0.2) is 6.98 Å². The Hall–Kier alpha value is -1.91. The lowest BCUT2D eigenvalue weighted by atomic mass is 9.80. The van der Waals surface area contributed by atoms with Gasteiger partial charge in [-0.2, -0.15) is 0 Å². The zero-order valence-electron chi connectivity index (χ0n) is 9.52. The molecule has 2 aromatic carbocycles. The van der Waals surface area contributed by atoms with Crippen LogP contribution in [0, 0.1) is 0 Å². The van der Waals surface area contributed by atoms with Gasteiger partial charge in [0.1, 0.15) is 12.4 Å². The van der Waals surface area contributed by atoms with Gasteiger partial charge in [-0.15, -0.1) is 5.46 Å². The fraction of sp³-hybridized carbons (Fsp3) is 0.0769. The van der Waals surface area contributed by atoms with Crippen molar-refractivity contribution in [1.29, 1.82) is 0 Å². The predicted molar refractivity (Wildman–Crippen MR) is 65.9 cm³/mol. The van der Waals surface area contributed by atoms with Crippen LogP contribution >= 0.6 is 0 Å². The fourth-order valence-corrected chi connectivity index (χ4v) is 1.52. The van der Waals surface area contributed by atoms with Crippen LogP contribution in [0.5, 0.6) is 5.75 Å². The van der Waals surface area contributed by atoms with Crippen molar-refractivity contribution in [3.05, 3.63) is 60.2 Å². The Bertz CT molecular complexity index is 494. The lowest BCUT2D eigenvalue weighted by molar-refractivity contribution is 0.306. The Balaban J connectivity index is 1.99. The lowest BCUT2D eigenvalue weighted by Gasteiger charge is -2.15. The molecule has 0 aromatic heterocycles.